The number of hydrogen-bond acceptors (Lipinski definition) is 5. The number of likely N-dealkylation sites (N-methyl/N-ethyl adjacent to an activating group) is 1. The van der Waals surface area contributed by atoms with Crippen molar-refractivity contribution in [2.45, 2.75) is 0 Å². The highest BCUT2D eigenvalue weighted by Gasteiger charge is 2.10. The van der Waals surface area contributed by atoms with Crippen LogP contribution in [0.4, 0.5) is 5.69 Å². The standard InChI is InChI=1S/C15H20N4O2.ClH.H2O/c1-18(2)10-9-16-13-11-14(21-3)17-19(15(13)20)12-7-5-4-6-8-12;;/h4-8,11,16H,9-10H2,1-3H3;1H;1H2. The zero-order valence-corrected chi connectivity index (χ0v) is 14.3. The molecule has 0 atom stereocenters. The molecule has 1 aromatic heterocycles. The predicted molar refractivity (Wildman–Crippen MR) is 94.3 cm³/mol. The zero-order valence-electron chi connectivity index (χ0n) is 13.4. The second kappa shape index (κ2) is 9.83. The van der Waals surface area contributed by atoms with E-state index < -0.39 is 0 Å². The first-order valence-electron chi connectivity index (χ1n) is 6.74. The summed E-state index contributed by atoms with van der Waals surface area (Å²) in [5.74, 6) is 0.394. The fraction of sp³-hybridized carbons (Fsp3) is 0.333. The first-order valence-corrected chi connectivity index (χ1v) is 6.74. The third kappa shape index (κ3) is 5.55. The maximum atomic E-state index is 12.5. The molecule has 0 spiro atoms. The summed E-state index contributed by atoms with van der Waals surface area (Å²) in [5, 5.41) is 7.33. The molecule has 0 bridgehead atoms. The van der Waals surface area contributed by atoms with E-state index in [9.17, 15) is 4.79 Å². The third-order valence-corrected chi connectivity index (χ3v) is 2.97. The van der Waals surface area contributed by atoms with E-state index >= 15 is 0 Å². The molecule has 0 aliphatic rings. The fourth-order valence-corrected chi connectivity index (χ4v) is 1.86. The SMILES string of the molecule is COc1cc(NCCN(C)C)c(=O)n(-c2ccccc2)n1.Cl.O. The molecule has 2 aromatic rings. The van der Waals surface area contributed by atoms with Crippen LogP contribution in [0, 0.1) is 0 Å². The van der Waals surface area contributed by atoms with Crippen molar-refractivity contribution in [2.75, 3.05) is 39.6 Å². The van der Waals surface area contributed by atoms with Crippen LogP contribution in [0.15, 0.2) is 41.2 Å². The fourth-order valence-electron chi connectivity index (χ4n) is 1.86. The first-order chi connectivity index (χ1) is 10.1. The van der Waals surface area contributed by atoms with Crippen molar-refractivity contribution in [1.82, 2.24) is 14.7 Å². The second-order valence-electron chi connectivity index (χ2n) is 4.88. The number of rotatable bonds is 6. The topological polar surface area (TPSA) is 90.9 Å². The molecule has 8 heteroatoms. The molecule has 0 saturated heterocycles. The van der Waals surface area contributed by atoms with Crippen LogP contribution in [-0.4, -0.2) is 54.5 Å². The highest BCUT2D eigenvalue weighted by Crippen LogP contribution is 2.12. The van der Waals surface area contributed by atoms with Gasteiger partial charge in [-0.3, -0.25) is 4.79 Å². The summed E-state index contributed by atoms with van der Waals surface area (Å²) in [4.78, 5) is 14.5. The molecular weight excluding hydrogens is 320 g/mol. The predicted octanol–water partition coefficient (Wildman–Crippen LogP) is 0.812. The zero-order chi connectivity index (χ0) is 15.2. The molecule has 23 heavy (non-hydrogen) atoms. The van der Waals surface area contributed by atoms with Crippen molar-refractivity contribution < 1.29 is 10.2 Å². The number of aromatic nitrogens is 2. The van der Waals surface area contributed by atoms with Gasteiger partial charge >= 0.3 is 0 Å². The van der Waals surface area contributed by atoms with E-state index in [2.05, 4.69) is 10.4 Å². The van der Waals surface area contributed by atoms with Gasteiger partial charge in [0.05, 0.1) is 12.8 Å². The van der Waals surface area contributed by atoms with Crippen molar-refractivity contribution in [2.24, 2.45) is 0 Å². The van der Waals surface area contributed by atoms with E-state index in [-0.39, 0.29) is 23.4 Å². The summed E-state index contributed by atoms with van der Waals surface area (Å²) in [6, 6.07) is 10.9. The lowest BCUT2D eigenvalue weighted by molar-refractivity contribution is 0.386. The molecule has 7 nitrogen and oxygen atoms in total. The van der Waals surface area contributed by atoms with E-state index in [1.807, 2.05) is 49.3 Å². The molecule has 128 valence electrons. The smallest absolute Gasteiger partial charge is 0.295 e. The number of para-hydroxylation sites is 1. The molecule has 1 aromatic carbocycles. The largest absolute Gasteiger partial charge is 0.480 e. The number of ether oxygens (including phenoxy) is 1. The van der Waals surface area contributed by atoms with Gasteiger partial charge in [-0.2, -0.15) is 4.68 Å². The van der Waals surface area contributed by atoms with Crippen LogP contribution in [0.25, 0.3) is 5.69 Å². The molecule has 2 rings (SSSR count). The van der Waals surface area contributed by atoms with Gasteiger partial charge in [-0.05, 0) is 26.2 Å². The Morgan fingerprint density at radius 2 is 1.91 bits per heavy atom. The average Bonchev–Trinajstić information content (AvgIpc) is 2.49. The number of anilines is 1. The van der Waals surface area contributed by atoms with Crippen LogP contribution >= 0.6 is 12.4 Å². The molecule has 1 heterocycles. The highest BCUT2D eigenvalue weighted by atomic mass is 35.5. The molecule has 0 aliphatic heterocycles. The maximum absolute atomic E-state index is 12.5. The van der Waals surface area contributed by atoms with Crippen LogP contribution in [0.5, 0.6) is 5.88 Å². The molecule has 0 amide bonds. The Morgan fingerprint density at radius 1 is 1.26 bits per heavy atom. The lowest BCUT2D eigenvalue weighted by Gasteiger charge is -2.13. The number of methoxy groups -OCH3 is 1. The number of hydrogen-bond donors (Lipinski definition) is 1. The lowest BCUT2D eigenvalue weighted by Crippen LogP contribution is -2.28. The van der Waals surface area contributed by atoms with Crippen molar-refractivity contribution in [1.29, 1.82) is 0 Å². The van der Waals surface area contributed by atoms with Gasteiger partial charge < -0.3 is 20.4 Å². The summed E-state index contributed by atoms with van der Waals surface area (Å²) in [7, 11) is 5.50. The Balaban J connectivity index is 0.00000242. The van der Waals surface area contributed by atoms with E-state index in [0.717, 1.165) is 6.54 Å². The van der Waals surface area contributed by atoms with Crippen molar-refractivity contribution >= 4 is 18.1 Å². The van der Waals surface area contributed by atoms with E-state index in [1.54, 1.807) is 6.07 Å². The van der Waals surface area contributed by atoms with Crippen LogP contribution < -0.4 is 15.6 Å². The highest BCUT2D eigenvalue weighted by molar-refractivity contribution is 5.85. The third-order valence-electron chi connectivity index (χ3n) is 2.97. The Morgan fingerprint density at radius 3 is 2.48 bits per heavy atom. The summed E-state index contributed by atoms with van der Waals surface area (Å²) in [5.41, 5.74) is 0.991. The minimum absolute atomic E-state index is 0. The summed E-state index contributed by atoms with van der Waals surface area (Å²) in [6.45, 7) is 1.50. The molecule has 0 saturated carbocycles. The van der Waals surface area contributed by atoms with Gasteiger partial charge in [-0.15, -0.1) is 17.5 Å². The Hall–Kier alpha value is -2.09. The molecule has 0 radical (unpaired) electrons. The van der Waals surface area contributed by atoms with Crippen LogP contribution in [0.2, 0.25) is 0 Å². The minimum Gasteiger partial charge on any atom is -0.480 e. The normalized spacial score (nSPS) is 9.74. The quantitative estimate of drug-likeness (QED) is 0.839. The van der Waals surface area contributed by atoms with E-state index in [1.165, 1.54) is 11.8 Å². The first kappa shape index (κ1) is 20.9. The number of benzene rings is 1. The Bertz CT molecular complexity index is 647. The molecule has 3 N–H and O–H groups in total. The summed E-state index contributed by atoms with van der Waals surface area (Å²) < 4.78 is 6.52. The van der Waals surface area contributed by atoms with Crippen molar-refractivity contribution in [3.8, 4) is 11.6 Å². The van der Waals surface area contributed by atoms with Gasteiger partial charge in [0.2, 0.25) is 5.88 Å². The van der Waals surface area contributed by atoms with Crippen LogP contribution in [0.1, 0.15) is 0 Å². The summed E-state index contributed by atoms with van der Waals surface area (Å²) in [6.07, 6.45) is 0. The van der Waals surface area contributed by atoms with E-state index in [0.29, 0.717) is 23.8 Å². The van der Waals surface area contributed by atoms with Crippen LogP contribution in [0.3, 0.4) is 0 Å². The Labute approximate surface area is 141 Å². The van der Waals surface area contributed by atoms with Gasteiger partial charge in [0.1, 0.15) is 5.69 Å². The van der Waals surface area contributed by atoms with Crippen molar-refractivity contribution in [3.63, 3.8) is 0 Å². The van der Waals surface area contributed by atoms with Gasteiger partial charge in [-0.25, -0.2) is 0 Å². The van der Waals surface area contributed by atoms with Gasteiger partial charge in [0.25, 0.3) is 5.56 Å². The number of nitrogens with one attached hydrogen (secondary N) is 1. The monoisotopic (exact) mass is 342 g/mol. The number of nitrogens with zero attached hydrogens (tertiary/aromatic N) is 3. The molecule has 0 fully saturated rings. The van der Waals surface area contributed by atoms with Crippen molar-refractivity contribution in [3.05, 3.63) is 46.8 Å². The molecular formula is C15H23ClN4O3. The van der Waals surface area contributed by atoms with Crippen LogP contribution in [-0.2, 0) is 0 Å². The number of halogens is 1. The Kier molecular flexibility index (Phi) is 8.94. The molecule has 0 aliphatic carbocycles. The minimum atomic E-state index is -0.194. The van der Waals surface area contributed by atoms with Gasteiger partial charge in [0.15, 0.2) is 0 Å². The maximum Gasteiger partial charge on any atom is 0.295 e. The summed E-state index contributed by atoms with van der Waals surface area (Å²) >= 11 is 0. The van der Waals surface area contributed by atoms with Gasteiger partial charge in [0, 0.05) is 19.2 Å². The van der Waals surface area contributed by atoms with E-state index in [4.69, 9.17) is 4.74 Å². The lowest BCUT2D eigenvalue weighted by atomic mass is 10.3. The molecule has 0 unspecified atom stereocenters. The van der Waals surface area contributed by atoms with Gasteiger partial charge in [-0.1, -0.05) is 18.2 Å². The average molecular weight is 343 g/mol. The second-order valence-corrected chi connectivity index (χ2v) is 4.88.